The molecule has 0 radical (unpaired) electrons. The number of carbonyl (C=O) groups excluding carboxylic acids is 1. The first-order valence-corrected chi connectivity index (χ1v) is 6.11. The van der Waals surface area contributed by atoms with E-state index in [1.807, 2.05) is 13.0 Å². The zero-order valence-corrected chi connectivity index (χ0v) is 11.4. The highest BCUT2D eigenvalue weighted by Crippen LogP contribution is 2.24. The standard InChI is InChI=1S/C13H21NO4/c1-5-9-6-7-14(10(8-9)11(15)16)12(17)18-13(2,3)4/h5,10H,6-8H2,1-4H3,(H,15,16)/t10-/m0/s1. The second-order valence-corrected chi connectivity index (χ2v) is 5.43. The van der Waals surface area contributed by atoms with Crippen molar-refractivity contribution in [1.82, 2.24) is 4.90 Å². The van der Waals surface area contributed by atoms with Crippen molar-refractivity contribution in [2.45, 2.75) is 52.2 Å². The zero-order valence-electron chi connectivity index (χ0n) is 11.4. The number of ether oxygens (including phenoxy) is 1. The van der Waals surface area contributed by atoms with E-state index in [1.54, 1.807) is 20.8 Å². The van der Waals surface area contributed by atoms with Crippen molar-refractivity contribution in [2.75, 3.05) is 6.54 Å². The largest absolute Gasteiger partial charge is 0.480 e. The average molecular weight is 255 g/mol. The van der Waals surface area contributed by atoms with Crippen LogP contribution in [-0.2, 0) is 9.53 Å². The molecule has 1 fully saturated rings. The molecule has 1 aliphatic heterocycles. The maximum Gasteiger partial charge on any atom is 0.411 e. The number of aliphatic carboxylic acids is 1. The number of carboxylic acid groups (broad SMARTS) is 1. The summed E-state index contributed by atoms with van der Waals surface area (Å²) in [5.41, 5.74) is 0.461. The van der Waals surface area contributed by atoms with Gasteiger partial charge in [0.05, 0.1) is 0 Å². The molecule has 0 aromatic carbocycles. The normalized spacial score (nSPS) is 23.0. The summed E-state index contributed by atoms with van der Waals surface area (Å²) in [6.07, 6.45) is 2.46. The van der Waals surface area contributed by atoms with Gasteiger partial charge in [0.25, 0.3) is 0 Å². The van der Waals surface area contributed by atoms with Crippen molar-refractivity contribution in [2.24, 2.45) is 0 Å². The molecule has 0 saturated carbocycles. The second-order valence-electron chi connectivity index (χ2n) is 5.43. The highest BCUT2D eigenvalue weighted by atomic mass is 16.6. The number of piperidine rings is 1. The Morgan fingerprint density at radius 1 is 1.44 bits per heavy atom. The molecule has 1 saturated heterocycles. The Morgan fingerprint density at radius 3 is 2.50 bits per heavy atom. The summed E-state index contributed by atoms with van der Waals surface area (Å²) in [6.45, 7) is 7.58. The summed E-state index contributed by atoms with van der Waals surface area (Å²) < 4.78 is 5.23. The number of hydrogen-bond acceptors (Lipinski definition) is 3. The quantitative estimate of drug-likeness (QED) is 0.731. The van der Waals surface area contributed by atoms with Crippen LogP contribution in [0.2, 0.25) is 0 Å². The van der Waals surface area contributed by atoms with Gasteiger partial charge in [-0.15, -0.1) is 0 Å². The topological polar surface area (TPSA) is 66.8 Å². The molecule has 0 unspecified atom stereocenters. The van der Waals surface area contributed by atoms with Crippen LogP contribution in [0.15, 0.2) is 11.6 Å². The molecule has 0 spiro atoms. The Morgan fingerprint density at radius 2 is 2.06 bits per heavy atom. The van der Waals surface area contributed by atoms with E-state index in [1.165, 1.54) is 4.90 Å². The molecule has 1 aliphatic rings. The van der Waals surface area contributed by atoms with Crippen LogP contribution < -0.4 is 0 Å². The van der Waals surface area contributed by atoms with E-state index >= 15 is 0 Å². The smallest absolute Gasteiger partial charge is 0.411 e. The van der Waals surface area contributed by atoms with Gasteiger partial charge in [0.2, 0.25) is 0 Å². The molecule has 0 aliphatic carbocycles. The molecule has 0 aromatic rings. The van der Waals surface area contributed by atoms with Gasteiger partial charge in [-0.1, -0.05) is 11.6 Å². The molecule has 0 bridgehead atoms. The number of carboxylic acids is 1. The van der Waals surface area contributed by atoms with E-state index < -0.39 is 23.7 Å². The van der Waals surface area contributed by atoms with Crippen LogP contribution in [0.4, 0.5) is 4.79 Å². The molecule has 1 N–H and O–H groups in total. The lowest BCUT2D eigenvalue weighted by Gasteiger charge is -2.35. The molecular weight excluding hydrogens is 234 g/mol. The fraction of sp³-hybridized carbons (Fsp3) is 0.692. The number of allylic oxidation sites excluding steroid dienone is 1. The molecule has 102 valence electrons. The van der Waals surface area contributed by atoms with Crippen molar-refractivity contribution < 1.29 is 19.4 Å². The van der Waals surface area contributed by atoms with Crippen LogP contribution in [-0.4, -0.2) is 40.3 Å². The monoisotopic (exact) mass is 255 g/mol. The Hall–Kier alpha value is -1.52. The van der Waals surface area contributed by atoms with Crippen LogP contribution in [0.5, 0.6) is 0 Å². The maximum atomic E-state index is 11.9. The van der Waals surface area contributed by atoms with Crippen LogP contribution >= 0.6 is 0 Å². The predicted molar refractivity (Wildman–Crippen MR) is 67.4 cm³/mol. The molecule has 5 heteroatoms. The van der Waals surface area contributed by atoms with Crippen LogP contribution in [0.1, 0.15) is 40.5 Å². The second kappa shape index (κ2) is 5.42. The summed E-state index contributed by atoms with van der Waals surface area (Å²) >= 11 is 0. The highest BCUT2D eigenvalue weighted by molar-refractivity contribution is 5.81. The summed E-state index contributed by atoms with van der Waals surface area (Å²) in [7, 11) is 0. The minimum absolute atomic E-state index is 0.380. The van der Waals surface area contributed by atoms with Crippen LogP contribution in [0, 0.1) is 0 Å². The Labute approximate surface area is 107 Å². The van der Waals surface area contributed by atoms with E-state index in [9.17, 15) is 14.7 Å². The zero-order chi connectivity index (χ0) is 13.9. The number of nitrogens with zero attached hydrogens (tertiary/aromatic N) is 1. The summed E-state index contributed by atoms with van der Waals surface area (Å²) in [5.74, 6) is -0.986. The molecule has 1 rings (SSSR count). The Balaban J connectivity index is 2.80. The van der Waals surface area contributed by atoms with E-state index in [-0.39, 0.29) is 0 Å². The van der Waals surface area contributed by atoms with E-state index in [0.717, 1.165) is 5.57 Å². The minimum Gasteiger partial charge on any atom is -0.480 e. The first-order chi connectivity index (χ1) is 8.24. The van der Waals surface area contributed by atoms with Gasteiger partial charge in [-0.3, -0.25) is 4.90 Å². The molecular formula is C13H21NO4. The van der Waals surface area contributed by atoms with Crippen molar-refractivity contribution in [3.8, 4) is 0 Å². The van der Waals surface area contributed by atoms with E-state index in [2.05, 4.69) is 0 Å². The first-order valence-electron chi connectivity index (χ1n) is 6.11. The Kier molecular flexibility index (Phi) is 4.38. The highest BCUT2D eigenvalue weighted by Gasteiger charge is 2.36. The summed E-state index contributed by atoms with van der Waals surface area (Å²) in [5, 5.41) is 9.19. The number of likely N-dealkylation sites (tertiary alicyclic amines) is 1. The fourth-order valence-corrected chi connectivity index (χ4v) is 1.90. The number of rotatable bonds is 1. The molecule has 1 heterocycles. The van der Waals surface area contributed by atoms with Gasteiger partial charge in [0, 0.05) is 6.54 Å². The summed E-state index contributed by atoms with van der Waals surface area (Å²) in [6, 6.07) is -0.820. The fourth-order valence-electron chi connectivity index (χ4n) is 1.90. The van der Waals surface area contributed by atoms with E-state index in [0.29, 0.717) is 19.4 Å². The van der Waals surface area contributed by atoms with Gasteiger partial charge < -0.3 is 9.84 Å². The predicted octanol–water partition coefficient (Wildman–Crippen LogP) is 2.42. The SMILES string of the molecule is CC=C1CCN(C(=O)OC(C)(C)C)[C@H](C(=O)O)C1. The number of hydrogen-bond donors (Lipinski definition) is 1. The van der Waals surface area contributed by atoms with E-state index in [4.69, 9.17) is 4.74 Å². The lowest BCUT2D eigenvalue weighted by Crippen LogP contribution is -2.50. The molecule has 1 amide bonds. The maximum absolute atomic E-state index is 11.9. The van der Waals surface area contributed by atoms with Gasteiger partial charge in [0.15, 0.2) is 0 Å². The molecule has 18 heavy (non-hydrogen) atoms. The third kappa shape index (κ3) is 3.75. The lowest BCUT2D eigenvalue weighted by atomic mass is 9.97. The van der Waals surface area contributed by atoms with Gasteiger partial charge >= 0.3 is 12.1 Å². The van der Waals surface area contributed by atoms with Gasteiger partial charge in [-0.2, -0.15) is 0 Å². The molecule has 1 atom stereocenters. The third-order valence-electron chi connectivity index (χ3n) is 2.83. The van der Waals surface area contributed by atoms with Crippen molar-refractivity contribution >= 4 is 12.1 Å². The van der Waals surface area contributed by atoms with Crippen molar-refractivity contribution in [3.63, 3.8) is 0 Å². The van der Waals surface area contributed by atoms with Gasteiger partial charge in [-0.05, 0) is 40.5 Å². The number of carbonyl (C=O) groups is 2. The van der Waals surface area contributed by atoms with Gasteiger partial charge in [-0.25, -0.2) is 9.59 Å². The summed E-state index contributed by atoms with van der Waals surface area (Å²) in [4.78, 5) is 24.5. The first kappa shape index (κ1) is 14.5. The molecule has 5 nitrogen and oxygen atoms in total. The van der Waals surface area contributed by atoms with Crippen molar-refractivity contribution in [1.29, 1.82) is 0 Å². The number of amides is 1. The van der Waals surface area contributed by atoms with Gasteiger partial charge in [0.1, 0.15) is 11.6 Å². The van der Waals surface area contributed by atoms with Crippen molar-refractivity contribution in [3.05, 3.63) is 11.6 Å². The minimum atomic E-state index is -0.986. The molecule has 0 aromatic heterocycles. The van der Waals surface area contributed by atoms with Crippen LogP contribution in [0.25, 0.3) is 0 Å². The van der Waals surface area contributed by atoms with Crippen LogP contribution in [0.3, 0.4) is 0 Å². The Bertz CT molecular complexity index is 368. The lowest BCUT2D eigenvalue weighted by molar-refractivity contribution is -0.143. The third-order valence-corrected chi connectivity index (χ3v) is 2.83. The average Bonchev–Trinajstić information content (AvgIpc) is 2.25.